The fraction of sp³-hybridized carbons (Fsp3) is 0.947. The second-order valence-corrected chi connectivity index (χ2v) is 6.26. The monoisotopic (exact) mass is 346 g/mol. The van der Waals surface area contributed by atoms with E-state index >= 15 is 0 Å². The number of aldehydes is 1. The Morgan fingerprint density at radius 3 is 1.10 bits per heavy atom. The molecular weight excluding hydrogens is 310 g/mol. The molecule has 0 aliphatic rings. The number of hydrogen-bond acceptors (Lipinski definition) is 1. The van der Waals surface area contributed by atoms with Crippen molar-refractivity contribution in [2.45, 2.75) is 116 Å². The summed E-state index contributed by atoms with van der Waals surface area (Å²) in [5, 5.41) is 0. The molecule has 2 heteroatoms. The quantitative estimate of drug-likeness (QED) is 0.160. The van der Waals surface area contributed by atoms with Crippen molar-refractivity contribution in [2.24, 2.45) is 0 Å². The van der Waals surface area contributed by atoms with Gasteiger partial charge >= 0.3 is 0 Å². The van der Waals surface area contributed by atoms with Crippen molar-refractivity contribution in [2.75, 3.05) is 0 Å². The minimum absolute atomic E-state index is 0. The molecule has 0 saturated heterocycles. The topological polar surface area (TPSA) is 17.1 Å². The Labute approximate surface area is 146 Å². The van der Waals surface area contributed by atoms with Gasteiger partial charge in [0, 0.05) is 25.9 Å². The van der Waals surface area contributed by atoms with E-state index in [-0.39, 0.29) is 19.5 Å². The van der Waals surface area contributed by atoms with Crippen LogP contribution in [0.1, 0.15) is 116 Å². The van der Waals surface area contributed by atoms with Gasteiger partial charge in [-0.2, -0.15) is 0 Å². The van der Waals surface area contributed by atoms with Gasteiger partial charge in [0.05, 0.1) is 0 Å². The van der Waals surface area contributed by atoms with Crippen molar-refractivity contribution < 1.29 is 24.3 Å². The third-order valence-electron chi connectivity index (χ3n) is 4.18. The summed E-state index contributed by atoms with van der Waals surface area (Å²) in [5.74, 6) is 0. The van der Waals surface area contributed by atoms with Gasteiger partial charge in [-0.1, -0.05) is 103 Å². The summed E-state index contributed by atoms with van der Waals surface area (Å²) in [6, 6.07) is 0. The molecule has 21 heavy (non-hydrogen) atoms. The molecule has 0 bridgehead atoms. The third-order valence-corrected chi connectivity index (χ3v) is 4.18. The first-order valence-corrected chi connectivity index (χ1v) is 9.35. The maximum Gasteiger partial charge on any atom is 0.119 e. The molecule has 0 spiro atoms. The number of rotatable bonds is 17. The summed E-state index contributed by atoms with van der Waals surface area (Å²) in [5.41, 5.74) is 0. The molecule has 0 aliphatic heterocycles. The first kappa shape index (κ1) is 23.6. The van der Waals surface area contributed by atoms with Crippen LogP contribution in [0.3, 0.4) is 0 Å². The zero-order chi connectivity index (χ0) is 14.7. The Bertz CT molecular complexity index is 182. The molecule has 0 heterocycles. The molecule has 0 saturated carbocycles. The van der Waals surface area contributed by atoms with Crippen LogP contribution in [0.5, 0.6) is 0 Å². The number of hydrogen-bond donors (Lipinski definition) is 0. The Morgan fingerprint density at radius 1 is 0.524 bits per heavy atom. The van der Waals surface area contributed by atoms with Gasteiger partial charge in [0.25, 0.3) is 0 Å². The fourth-order valence-corrected chi connectivity index (χ4v) is 2.78. The van der Waals surface area contributed by atoms with E-state index in [4.69, 9.17) is 0 Å². The third kappa shape index (κ3) is 22.7. The largest absolute Gasteiger partial charge is 0.303 e. The van der Waals surface area contributed by atoms with Crippen molar-refractivity contribution in [3.05, 3.63) is 0 Å². The maximum atomic E-state index is 10.2. The van der Waals surface area contributed by atoms with Gasteiger partial charge in [-0.05, 0) is 6.42 Å². The molecule has 0 unspecified atom stereocenters. The van der Waals surface area contributed by atoms with Crippen LogP contribution in [-0.2, 0) is 24.3 Å². The second kappa shape index (κ2) is 22.6. The number of carbonyl (C=O) groups excluding carboxylic acids is 1. The Morgan fingerprint density at radius 2 is 0.810 bits per heavy atom. The standard InChI is InChI=1S/C19H38O.Zn/c1-2-3-4-5-6-7-8-9-10-11-12-13-14-15-16-17-18-19-20;/h19H,2-18H2,1H3;. The summed E-state index contributed by atoms with van der Waals surface area (Å²) in [4.78, 5) is 10.2. The van der Waals surface area contributed by atoms with E-state index in [1.807, 2.05) is 0 Å². The van der Waals surface area contributed by atoms with Crippen molar-refractivity contribution >= 4 is 6.29 Å². The molecular formula is C19H38OZn. The van der Waals surface area contributed by atoms with E-state index in [0.717, 1.165) is 19.1 Å². The summed E-state index contributed by atoms with van der Waals surface area (Å²) >= 11 is 0. The van der Waals surface area contributed by atoms with Crippen LogP contribution in [0.4, 0.5) is 0 Å². The van der Waals surface area contributed by atoms with Crippen LogP contribution >= 0.6 is 0 Å². The van der Waals surface area contributed by atoms with E-state index < -0.39 is 0 Å². The number of carbonyl (C=O) groups is 1. The van der Waals surface area contributed by atoms with E-state index in [2.05, 4.69) is 6.92 Å². The zero-order valence-corrected chi connectivity index (χ0v) is 17.7. The van der Waals surface area contributed by atoms with Crippen molar-refractivity contribution in [1.82, 2.24) is 0 Å². The van der Waals surface area contributed by atoms with E-state index in [1.54, 1.807) is 0 Å². The van der Waals surface area contributed by atoms with Gasteiger partial charge < -0.3 is 4.79 Å². The predicted octanol–water partition coefficient (Wildman–Crippen LogP) is 6.83. The predicted molar refractivity (Wildman–Crippen MR) is 90.2 cm³/mol. The molecule has 0 rings (SSSR count). The van der Waals surface area contributed by atoms with Crippen molar-refractivity contribution in [3.8, 4) is 0 Å². The van der Waals surface area contributed by atoms with E-state index in [0.29, 0.717) is 0 Å². The van der Waals surface area contributed by atoms with Crippen LogP contribution in [0.2, 0.25) is 0 Å². The Balaban J connectivity index is 0. The van der Waals surface area contributed by atoms with Crippen LogP contribution in [-0.4, -0.2) is 6.29 Å². The smallest absolute Gasteiger partial charge is 0.119 e. The van der Waals surface area contributed by atoms with Crippen LogP contribution in [0, 0.1) is 0 Å². The molecule has 0 N–H and O–H groups in total. The Kier molecular flexibility index (Phi) is 25.3. The molecule has 0 aromatic heterocycles. The average Bonchev–Trinajstić information content (AvgIpc) is 2.47. The summed E-state index contributed by atoms with van der Waals surface area (Å²) in [6.45, 7) is 2.28. The summed E-state index contributed by atoms with van der Waals surface area (Å²) in [7, 11) is 0. The van der Waals surface area contributed by atoms with Gasteiger partial charge in [0.2, 0.25) is 0 Å². The average molecular weight is 348 g/mol. The first-order chi connectivity index (χ1) is 9.91. The SMILES string of the molecule is CCCCCCCCCCCCCCCCCCC=O.[Zn]. The molecule has 0 aromatic carbocycles. The molecule has 0 aliphatic carbocycles. The van der Waals surface area contributed by atoms with Gasteiger partial charge in [-0.25, -0.2) is 0 Å². The van der Waals surface area contributed by atoms with Crippen molar-refractivity contribution in [3.63, 3.8) is 0 Å². The molecule has 122 valence electrons. The molecule has 1 nitrogen and oxygen atoms in total. The molecule has 0 atom stereocenters. The molecule has 0 radical (unpaired) electrons. The van der Waals surface area contributed by atoms with Gasteiger partial charge in [0.1, 0.15) is 6.29 Å². The van der Waals surface area contributed by atoms with Crippen LogP contribution in [0.15, 0.2) is 0 Å². The summed E-state index contributed by atoms with van der Waals surface area (Å²) in [6.07, 6.45) is 24.1. The molecule has 0 amide bonds. The van der Waals surface area contributed by atoms with Crippen molar-refractivity contribution in [1.29, 1.82) is 0 Å². The van der Waals surface area contributed by atoms with E-state index in [9.17, 15) is 4.79 Å². The van der Waals surface area contributed by atoms with Gasteiger partial charge in [0.15, 0.2) is 0 Å². The van der Waals surface area contributed by atoms with E-state index in [1.165, 1.54) is 96.3 Å². The maximum absolute atomic E-state index is 10.2. The second-order valence-electron chi connectivity index (χ2n) is 6.26. The minimum atomic E-state index is 0. The van der Waals surface area contributed by atoms with Crippen LogP contribution < -0.4 is 0 Å². The number of unbranched alkanes of at least 4 members (excludes halogenated alkanes) is 16. The normalized spacial score (nSPS) is 10.3. The fourth-order valence-electron chi connectivity index (χ4n) is 2.78. The molecule has 0 fully saturated rings. The van der Waals surface area contributed by atoms with Crippen LogP contribution in [0.25, 0.3) is 0 Å². The minimum Gasteiger partial charge on any atom is -0.303 e. The first-order valence-electron chi connectivity index (χ1n) is 9.35. The zero-order valence-electron chi connectivity index (χ0n) is 14.7. The molecule has 0 aromatic rings. The Hall–Kier alpha value is 0.293. The van der Waals surface area contributed by atoms with Gasteiger partial charge in [-0.15, -0.1) is 0 Å². The summed E-state index contributed by atoms with van der Waals surface area (Å²) < 4.78 is 0. The van der Waals surface area contributed by atoms with Gasteiger partial charge in [-0.3, -0.25) is 0 Å².